The molecule has 0 aromatic heterocycles. The number of nitrogens with zero attached hydrogens (tertiary/aromatic N) is 1. The summed E-state index contributed by atoms with van der Waals surface area (Å²) < 4.78 is 30.7. The van der Waals surface area contributed by atoms with E-state index in [2.05, 4.69) is 4.72 Å². The molecule has 0 bridgehead atoms. The topological polar surface area (TPSA) is 58.6 Å². The summed E-state index contributed by atoms with van der Waals surface area (Å²) in [6.45, 7) is 0. The van der Waals surface area contributed by atoms with Crippen molar-refractivity contribution in [2.24, 2.45) is 0 Å². The van der Waals surface area contributed by atoms with Gasteiger partial charge < -0.3 is 9.64 Å². The SMILES string of the molecule is CN(C)c1cc(NS(C)(=O)=O)cc(OC2CC2)c1. The van der Waals surface area contributed by atoms with E-state index in [9.17, 15) is 8.42 Å². The van der Waals surface area contributed by atoms with Crippen molar-refractivity contribution in [3.8, 4) is 5.75 Å². The fraction of sp³-hybridized carbons (Fsp3) is 0.500. The Hall–Kier alpha value is -1.43. The molecular formula is C12H18N2O3S. The maximum absolute atomic E-state index is 11.3. The van der Waals surface area contributed by atoms with Gasteiger partial charge in [0, 0.05) is 31.9 Å². The van der Waals surface area contributed by atoms with Gasteiger partial charge in [-0.1, -0.05) is 0 Å². The van der Waals surface area contributed by atoms with Crippen LogP contribution in [-0.2, 0) is 10.0 Å². The molecule has 100 valence electrons. The number of hydrogen-bond acceptors (Lipinski definition) is 4. The number of anilines is 2. The lowest BCUT2D eigenvalue weighted by Gasteiger charge is -2.16. The number of hydrogen-bond donors (Lipinski definition) is 1. The van der Waals surface area contributed by atoms with Crippen LogP contribution in [0.3, 0.4) is 0 Å². The largest absolute Gasteiger partial charge is 0.490 e. The summed E-state index contributed by atoms with van der Waals surface area (Å²) in [5.74, 6) is 0.704. The molecule has 1 aromatic carbocycles. The Labute approximate surface area is 108 Å². The van der Waals surface area contributed by atoms with E-state index in [0.29, 0.717) is 11.4 Å². The van der Waals surface area contributed by atoms with Gasteiger partial charge in [-0.3, -0.25) is 4.72 Å². The van der Waals surface area contributed by atoms with Crippen molar-refractivity contribution >= 4 is 21.4 Å². The van der Waals surface area contributed by atoms with Crippen molar-refractivity contribution in [2.45, 2.75) is 18.9 Å². The van der Waals surface area contributed by atoms with Gasteiger partial charge in [-0.25, -0.2) is 8.42 Å². The van der Waals surface area contributed by atoms with E-state index in [1.807, 2.05) is 25.1 Å². The van der Waals surface area contributed by atoms with Crippen LogP contribution in [0.4, 0.5) is 11.4 Å². The Morgan fingerprint density at radius 3 is 2.44 bits per heavy atom. The third-order valence-electron chi connectivity index (χ3n) is 2.54. The highest BCUT2D eigenvalue weighted by molar-refractivity contribution is 7.92. The maximum Gasteiger partial charge on any atom is 0.229 e. The van der Waals surface area contributed by atoms with Crippen molar-refractivity contribution in [3.63, 3.8) is 0 Å². The fourth-order valence-electron chi connectivity index (χ4n) is 1.56. The molecule has 0 saturated heterocycles. The smallest absolute Gasteiger partial charge is 0.229 e. The first-order valence-corrected chi connectivity index (χ1v) is 7.69. The van der Waals surface area contributed by atoms with E-state index in [1.54, 1.807) is 12.1 Å². The first-order valence-electron chi connectivity index (χ1n) is 5.80. The summed E-state index contributed by atoms with van der Waals surface area (Å²) >= 11 is 0. The van der Waals surface area contributed by atoms with Gasteiger partial charge in [0.05, 0.1) is 18.0 Å². The number of benzene rings is 1. The Bertz CT molecular complexity index is 536. The second-order valence-electron chi connectivity index (χ2n) is 4.80. The predicted molar refractivity (Wildman–Crippen MR) is 72.9 cm³/mol. The molecule has 18 heavy (non-hydrogen) atoms. The van der Waals surface area contributed by atoms with Crippen molar-refractivity contribution < 1.29 is 13.2 Å². The predicted octanol–water partition coefficient (Wildman–Crippen LogP) is 1.67. The molecule has 1 aromatic rings. The highest BCUT2D eigenvalue weighted by atomic mass is 32.2. The molecule has 5 nitrogen and oxygen atoms in total. The first-order chi connectivity index (χ1) is 8.33. The van der Waals surface area contributed by atoms with Crippen molar-refractivity contribution in [1.29, 1.82) is 0 Å². The molecule has 1 aliphatic carbocycles. The number of ether oxygens (including phenoxy) is 1. The first kappa shape index (κ1) is 13.0. The number of nitrogens with one attached hydrogen (secondary N) is 1. The molecule has 1 fully saturated rings. The van der Waals surface area contributed by atoms with Crippen molar-refractivity contribution in [2.75, 3.05) is 30.0 Å². The van der Waals surface area contributed by atoms with Crippen LogP contribution in [0.5, 0.6) is 5.75 Å². The lowest BCUT2D eigenvalue weighted by molar-refractivity contribution is 0.303. The molecule has 0 heterocycles. The minimum atomic E-state index is -3.27. The molecule has 1 saturated carbocycles. The zero-order valence-electron chi connectivity index (χ0n) is 10.8. The molecule has 0 spiro atoms. The molecule has 0 radical (unpaired) electrons. The van der Waals surface area contributed by atoms with E-state index in [0.717, 1.165) is 24.8 Å². The van der Waals surface area contributed by atoms with Crippen LogP contribution in [0, 0.1) is 0 Å². The van der Waals surface area contributed by atoms with Gasteiger partial charge in [-0.2, -0.15) is 0 Å². The van der Waals surface area contributed by atoms with E-state index in [4.69, 9.17) is 4.74 Å². The van der Waals surface area contributed by atoms with Crippen molar-refractivity contribution in [1.82, 2.24) is 0 Å². The van der Waals surface area contributed by atoms with Gasteiger partial charge in [0.2, 0.25) is 10.0 Å². The zero-order valence-corrected chi connectivity index (χ0v) is 11.6. The normalized spacial score (nSPS) is 15.3. The Kier molecular flexibility index (Phi) is 3.38. The maximum atomic E-state index is 11.3. The van der Waals surface area contributed by atoms with Crippen LogP contribution < -0.4 is 14.4 Å². The van der Waals surface area contributed by atoms with Crippen LogP contribution in [-0.4, -0.2) is 34.9 Å². The van der Waals surface area contributed by atoms with E-state index in [1.165, 1.54) is 0 Å². The quantitative estimate of drug-likeness (QED) is 0.884. The van der Waals surface area contributed by atoms with Gasteiger partial charge in [-0.15, -0.1) is 0 Å². The van der Waals surface area contributed by atoms with Gasteiger partial charge in [0.1, 0.15) is 5.75 Å². The molecule has 1 aliphatic rings. The molecule has 6 heteroatoms. The molecule has 0 atom stereocenters. The molecule has 2 rings (SSSR count). The van der Waals surface area contributed by atoms with Gasteiger partial charge in [0.15, 0.2) is 0 Å². The summed E-state index contributed by atoms with van der Waals surface area (Å²) in [5, 5.41) is 0. The van der Waals surface area contributed by atoms with E-state index >= 15 is 0 Å². The van der Waals surface area contributed by atoms with Gasteiger partial charge >= 0.3 is 0 Å². The summed E-state index contributed by atoms with van der Waals surface area (Å²) in [5.41, 5.74) is 1.43. The molecule has 0 amide bonds. The van der Waals surface area contributed by atoms with E-state index in [-0.39, 0.29) is 6.10 Å². The summed E-state index contributed by atoms with van der Waals surface area (Å²) in [4.78, 5) is 1.91. The van der Waals surface area contributed by atoms with E-state index < -0.39 is 10.0 Å². The summed E-state index contributed by atoms with van der Waals surface area (Å²) in [6, 6.07) is 5.40. The number of rotatable bonds is 5. The summed E-state index contributed by atoms with van der Waals surface area (Å²) in [6.07, 6.45) is 3.56. The average Bonchev–Trinajstić information content (AvgIpc) is 2.98. The average molecular weight is 270 g/mol. The highest BCUT2D eigenvalue weighted by Gasteiger charge is 2.24. The lowest BCUT2D eigenvalue weighted by atomic mass is 10.2. The van der Waals surface area contributed by atoms with Gasteiger partial charge in [0.25, 0.3) is 0 Å². The Morgan fingerprint density at radius 1 is 1.28 bits per heavy atom. The minimum absolute atomic E-state index is 0.286. The molecular weight excluding hydrogens is 252 g/mol. The molecule has 0 unspecified atom stereocenters. The van der Waals surface area contributed by atoms with Crippen LogP contribution in [0.1, 0.15) is 12.8 Å². The van der Waals surface area contributed by atoms with Crippen LogP contribution in [0.15, 0.2) is 18.2 Å². The second kappa shape index (κ2) is 4.68. The minimum Gasteiger partial charge on any atom is -0.490 e. The van der Waals surface area contributed by atoms with Gasteiger partial charge in [-0.05, 0) is 18.9 Å². The monoisotopic (exact) mass is 270 g/mol. The highest BCUT2D eigenvalue weighted by Crippen LogP contribution is 2.32. The lowest BCUT2D eigenvalue weighted by Crippen LogP contribution is -2.13. The van der Waals surface area contributed by atoms with Crippen LogP contribution in [0.25, 0.3) is 0 Å². The fourth-order valence-corrected chi connectivity index (χ4v) is 2.11. The Morgan fingerprint density at radius 2 is 1.94 bits per heavy atom. The number of sulfonamides is 1. The Balaban J connectivity index is 2.29. The third-order valence-corrected chi connectivity index (χ3v) is 3.14. The summed E-state index contributed by atoms with van der Waals surface area (Å²) in [7, 11) is 0.533. The molecule has 0 aliphatic heterocycles. The zero-order chi connectivity index (χ0) is 13.3. The third kappa shape index (κ3) is 3.80. The standard InChI is InChI=1S/C12H18N2O3S/c1-14(2)10-6-9(13-18(3,15)16)7-12(8-10)17-11-4-5-11/h6-8,11,13H,4-5H2,1-3H3. The van der Waals surface area contributed by atoms with Crippen molar-refractivity contribution in [3.05, 3.63) is 18.2 Å². The van der Waals surface area contributed by atoms with Crippen LogP contribution in [0.2, 0.25) is 0 Å². The second-order valence-corrected chi connectivity index (χ2v) is 6.55. The molecule has 1 N–H and O–H groups in total. The van der Waals surface area contributed by atoms with Crippen LogP contribution >= 0.6 is 0 Å².